The fourth-order valence-corrected chi connectivity index (χ4v) is 3.15. The highest BCUT2D eigenvalue weighted by Gasteiger charge is 2.18. The number of hydrogen-bond acceptors (Lipinski definition) is 5. The van der Waals surface area contributed by atoms with E-state index in [4.69, 9.17) is 16.3 Å². The van der Waals surface area contributed by atoms with Gasteiger partial charge in [-0.1, -0.05) is 29.8 Å². The van der Waals surface area contributed by atoms with Gasteiger partial charge in [-0.3, -0.25) is 14.9 Å². The van der Waals surface area contributed by atoms with Crippen molar-refractivity contribution in [3.63, 3.8) is 0 Å². The first kappa shape index (κ1) is 18.9. The average Bonchev–Trinajstić information content (AvgIpc) is 2.67. The predicted molar refractivity (Wildman–Crippen MR) is 105 cm³/mol. The van der Waals surface area contributed by atoms with Gasteiger partial charge in [0.15, 0.2) is 0 Å². The summed E-state index contributed by atoms with van der Waals surface area (Å²) in [6, 6.07) is 11.5. The Balaban J connectivity index is 1.79. The van der Waals surface area contributed by atoms with E-state index < -0.39 is 10.8 Å². The van der Waals surface area contributed by atoms with Crippen LogP contribution in [0.3, 0.4) is 0 Å². The monoisotopic (exact) mass is 387 g/mol. The summed E-state index contributed by atoms with van der Waals surface area (Å²) >= 11 is 6.35. The topological polar surface area (TPSA) is 84.7 Å². The van der Waals surface area contributed by atoms with Crippen LogP contribution in [0.25, 0.3) is 6.08 Å². The number of halogens is 1. The number of nitrogens with one attached hydrogen (secondary N) is 1. The molecule has 7 nitrogen and oxygen atoms in total. The summed E-state index contributed by atoms with van der Waals surface area (Å²) in [7, 11) is 0. The third-order valence-electron chi connectivity index (χ3n) is 4.12. The van der Waals surface area contributed by atoms with Crippen molar-refractivity contribution in [2.45, 2.75) is 0 Å². The Hall–Kier alpha value is -2.90. The Morgan fingerprint density at radius 1 is 1.19 bits per heavy atom. The number of nitro groups is 1. The maximum atomic E-state index is 12.4. The van der Waals surface area contributed by atoms with E-state index in [2.05, 4.69) is 10.2 Å². The molecule has 1 amide bonds. The molecule has 0 bridgehead atoms. The predicted octanol–water partition coefficient (Wildman–Crippen LogP) is 3.74. The summed E-state index contributed by atoms with van der Waals surface area (Å²) in [6.07, 6.45) is 2.69. The zero-order chi connectivity index (χ0) is 19.2. The second-order valence-corrected chi connectivity index (χ2v) is 6.28. The Bertz CT molecular complexity index is 879. The molecule has 1 aliphatic heterocycles. The number of ether oxygens (including phenoxy) is 1. The number of nitrogens with zero attached hydrogens (tertiary/aromatic N) is 2. The number of para-hydroxylation sites is 2. The Morgan fingerprint density at radius 2 is 1.93 bits per heavy atom. The van der Waals surface area contributed by atoms with Gasteiger partial charge in [0.1, 0.15) is 0 Å². The fourth-order valence-electron chi connectivity index (χ4n) is 2.86. The zero-order valence-corrected chi connectivity index (χ0v) is 15.2. The van der Waals surface area contributed by atoms with Crippen LogP contribution in [0.4, 0.5) is 17.1 Å². The highest BCUT2D eigenvalue weighted by atomic mass is 35.5. The Labute approximate surface area is 161 Å². The molecule has 1 heterocycles. The molecule has 0 aromatic heterocycles. The van der Waals surface area contributed by atoms with Gasteiger partial charge in [-0.15, -0.1) is 0 Å². The summed E-state index contributed by atoms with van der Waals surface area (Å²) in [5.74, 6) is -0.398. The van der Waals surface area contributed by atoms with E-state index in [1.807, 2.05) is 0 Å². The van der Waals surface area contributed by atoms with Crippen LogP contribution in [0.5, 0.6) is 0 Å². The van der Waals surface area contributed by atoms with Crippen LogP contribution < -0.4 is 10.2 Å². The highest BCUT2D eigenvalue weighted by molar-refractivity contribution is 6.34. The maximum Gasteiger partial charge on any atom is 0.276 e. The van der Waals surface area contributed by atoms with Gasteiger partial charge in [-0.05, 0) is 24.3 Å². The van der Waals surface area contributed by atoms with E-state index in [9.17, 15) is 14.9 Å². The third kappa shape index (κ3) is 4.64. The number of carbonyl (C=O) groups excluding carboxylic acids is 1. The van der Waals surface area contributed by atoms with Gasteiger partial charge in [-0.25, -0.2) is 0 Å². The average molecular weight is 388 g/mol. The van der Waals surface area contributed by atoms with Crippen LogP contribution in [0.15, 0.2) is 48.5 Å². The SMILES string of the molecule is O=C(/C=C/c1ccccc1[N+](=O)[O-])Nc1cccc(Cl)c1N1CCOCC1. The first-order chi connectivity index (χ1) is 13.1. The molecule has 8 heteroatoms. The van der Waals surface area contributed by atoms with Crippen molar-refractivity contribution < 1.29 is 14.5 Å². The quantitative estimate of drug-likeness (QED) is 0.480. The third-order valence-corrected chi connectivity index (χ3v) is 4.42. The van der Waals surface area contributed by atoms with Crippen molar-refractivity contribution in [1.82, 2.24) is 0 Å². The molecule has 0 aliphatic carbocycles. The minimum Gasteiger partial charge on any atom is -0.378 e. The van der Waals surface area contributed by atoms with Crippen molar-refractivity contribution in [2.24, 2.45) is 0 Å². The van der Waals surface area contributed by atoms with Gasteiger partial charge >= 0.3 is 0 Å². The smallest absolute Gasteiger partial charge is 0.276 e. The first-order valence-electron chi connectivity index (χ1n) is 8.40. The van der Waals surface area contributed by atoms with Gasteiger partial charge in [-0.2, -0.15) is 0 Å². The summed E-state index contributed by atoms with van der Waals surface area (Å²) in [5.41, 5.74) is 1.63. The van der Waals surface area contributed by atoms with Gasteiger partial charge in [0.2, 0.25) is 5.91 Å². The molecule has 0 saturated carbocycles. The number of rotatable bonds is 5. The maximum absolute atomic E-state index is 12.4. The van der Waals surface area contributed by atoms with E-state index in [0.717, 1.165) is 5.69 Å². The molecule has 1 saturated heterocycles. The lowest BCUT2D eigenvalue weighted by Crippen LogP contribution is -2.37. The molecule has 0 radical (unpaired) electrons. The minimum absolute atomic E-state index is 0.0571. The molecule has 0 spiro atoms. The minimum atomic E-state index is -0.481. The molecule has 0 atom stereocenters. The molecule has 1 N–H and O–H groups in total. The number of hydrogen-bond donors (Lipinski definition) is 1. The molecule has 1 fully saturated rings. The van der Waals surface area contributed by atoms with Crippen molar-refractivity contribution in [2.75, 3.05) is 36.5 Å². The largest absolute Gasteiger partial charge is 0.378 e. The van der Waals surface area contributed by atoms with Crippen LogP contribution in [-0.4, -0.2) is 37.1 Å². The number of amides is 1. The Kier molecular flexibility index (Phi) is 6.05. The summed E-state index contributed by atoms with van der Waals surface area (Å²) in [5, 5.41) is 14.4. The number of nitro benzene ring substituents is 1. The van der Waals surface area contributed by atoms with Crippen molar-refractivity contribution in [1.29, 1.82) is 0 Å². The first-order valence-corrected chi connectivity index (χ1v) is 8.78. The Morgan fingerprint density at radius 3 is 2.67 bits per heavy atom. The van der Waals surface area contributed by atoms with Crippen molar-refractivity contribution in [3.8, 4) is 0 Å². The van der Waals surface area contributed by atoms with Gasteiger partial charge < -0.3 is 15.0 Å². The molecule has 27 heavy (non-hydrogen) atoms. The molecular formula is C19H18ClN3O4. The second-order valence-electron chi connectivity index (χ2n) is 5.87. The van der Waals surface area contributed by atoms with Gasteiger partial charge in [0.05, 0.1) is 40.1 Å². The van der Waals surface area contributed by atoms with Crippen molar-refractivity contribution in [3.05, 3.63) is 69.2 Å². The molecular weight excluding hydrogens is 370 g/mol. The lowest BCUT2D eigenvalue weighted by molar-refractivity contribution is -0.385. The van der Waals surface area contributed by atoms with E-state index in [1.165, 1.54) is 18.2 Å². The molecule has 2 aromatic carbocycles. The fraction of sp³-hybridized carbons (Fsp3) is 0.211. The molecule has 3 rings (SSSR count). The van der Waals surface area contributed by atoms with E-state index >= 15 is 0 Å². The highest BCUT2D eigenvalue weighted by Crippen LogP contribution is 2.34. The van der Waals surface area contributed by atoms with Gasteiger partial charge in [0.25, 0.3) is 5.69 Å². The van der Waals surface area contributed by atoms with Crippen LogP contribution >= 0.6 is 11.6 Å². The standard InChI is InChI=1S/C19H18ClN3O4/c20-15-5-3-6-16(19(15)22-10-12-27-13-11-22)21-18(24)9-8-14-4-1-2-7-17(14)23(25)26/h1-9H,10-13H2,(H,21,24)/b9-8+. The lowest BCUT2D eigenvalue weighted by Gasteiger charge is -2.31. The van der Waals surface area contributed by atoms with Crippen LogP contribution in [0.1, 0.15) is 5.56 Å². The van der Waals surface area contributed by atoms with Gasteiger partial charge in [0, 0.05) is 25.2 Å². The zero-order valence-electron chi connectivity index (χ0n) is 14.4. The normalized spacial score (nSPS) is 14.3. The summed E-state index contributed by atoms with van der Waals surface area (Å²) < 4.78 is 5.36. The molecule has 0 unspecified atom stereocenters. The number of morpholine rings is 1. The molecule has 1 aliphatic rings. The van der Waals surface area contributed by atoms with Crippen LogP contribution in [0.2, 0.25) is 5.02 Å². The van der Waals surface area contributed by atoms with E-state index in [-0.39, 0.29) is 5.69 Å². The van der Waals surface area contributed by atoms with Crippen LogP contribution in [-0.2, 0) is 9.53 Å². The second kappa shape index (κ2) is 8.66. The van der Waals surface area contributed by atoms with Crippen LogP contribution in [0, 0.1) is 10.1 Å². The number of benzene rings is 2. The molecule has 2 aromatic rings. The summed E-state index contributed by atoms with van der Waals surface area (Å²) in [4.78, 5) is 25.0. The number of anilines is 2. The van der Waals surface area contributed by atoms with E-state index in [1.54, 1.807) is 36.4 Å². The summed E-state index contributed by atoms with van der Waals surface area (Å²) in [6.45, 7) is 2.55. The number of carbonyl (C=O) groups is 1. The van der Waals surface area contributed by atoms with E-state index in [0.29, 0.717) is 42.6 Å². The van der Waals surface area contributed by atoms with Crippen molar-refractivity contribution >= 4 is 40.6 Å². The molecule has 140 valence electrons. The lowest BCUT2D eigenvalue weighted by atomic mass is 10.1.